The molecule has 5 amide bonds. The van der Waals surface area contributed by atoms with Crippen LogP contribution in [0.4, 0.5) is 4.79 Å². The van der Waals surface area contributed by atoms with Crippen LogP contribution >= 0.6 is 0 Å². The van der Waals surface area contributed by atoms with E-state index in [9.17, 15) is 24.0 Å². The predicted octanol–water partition coefficient (Wildman–Crippen LogP) is 0.449. The van der Waals surface area contributed by atoms with Crippen LogP contribution in [0.2, 0.25) is 0 Å². The Morgan fingerprint density at radius 2 is 1.62 bits per heavy atom. The number of fused-ring (bicyclic) bond motifs is 1. The zero-order valence-electron chi connectivity index (χ0n) is 14.6. The highest BCUT2D eigenvalue weighted by Crippen LogP contribution is 2.24. The molecule has 2 N–H and O–H groups in total. The minimum absolute atomic E-state index is 0.208. The van der Waals surface area contributed by atoms with Crippen molar-refractivity contribution < 1.29 is 28.7 Å². The van der Waals surface area contributed by atoms with Gasteiger partial charge in [0, 0.05) is 6.54 Å². The fourth-order valence-electron chi connectivity index (χ4n) is 2.41. The molecule has 0 bridgehead atoms. The third kappa shape index (κ3) is 3.71. The van der Waals surface area contributed by atoms with Crippen molar-refractivity contribution in [3.8, 4) is 0 Å². The Bertz CT molecular complexity index is 741. The van der Waals surface area contributed by atoms with Gasteiger partial charge in [0.25, 0.3) is 17.7 Å². The second-order valence-electron chi connectivity index (χ2n) is 5.63. The lowest BCUT2D eigenvalue weighted by atomic mass is 10.1. The molecule has 0 aliphatic carbocycles. The van der Waals surface area contributed by atoms with Gasteiger partial charge in [0.05, 0.1) is 11.1 Å². The van der Waals surface area contributed by atoms with Gasteiger partial charge in [-0.3, -0.25) is 24.6 Å². The number of urea groups is 1. The van der Waals surface area contributed by atoms with Crippen LogP contribution in [0.25, 0.3) is 0 Å². The van der Waals surface area contributed by atoms with Crippen LogP contribution in [0, 0.1) is 0 Å². The molecule has 1 aliphatic rings. The number of nitrogens with one attached hydrogen (secondary N) is 2. The number of esters is 1. The van der Waals surface area contributed by atoms with Gasteiger partial charge in [-0.05, 0) is 32.9 Å². The van der Waals surface area contributed by atoms with Crippen LogP contribution in [0.5, 0.6) is 0 Å². The molecule has 138 valence electrons. The molecule has 0 saturated carbocycles. The van der Waals surface area contributed by atoms with Crippen molar-refractivity contribution in [3.63, 3.8) is 0 Å². The molecule has 0 fully saturated rings. The molecule has 2 atom stereocenters. The van der Waals surface area contributed by atoms with Crippen molar-refractivity contribution in [1.82, 2.24) is 15.5 Å². The minimum Gasteiger partial charge on any atom is -0.451 e. The third-order valence-corrected chi connectivity index (χ3v) is 3.79. The van der Waals surface area contributed by atoms with E-state index in [0.717, 1.165) is 4.90 Å². The molecule has 1 heterocycles. The molecule has 26 heavy (non-hydrogen) atoms. The molecule has 0 aromatic heterocycles. The molecule has 9 nitrogen and oxygen atoms in total. The molecule has 1 aromatic rings. The summed E-state index contributed by atoms with van der Waals surface area (Å²) >= 11 is 0. The van der Waals surface area contributed by atoms with Crippen molar-refractivity contribution in [2.75, 3.05) is 6.54 Å². The summed E-state index contributed by atoms with van der Waals surface area (Å²) in [7, 11) is 0. The molecule has 0 spiro atoms. The molecular weight excluding hydrogens is 342 g/mol. The van der Waals surface area contributed by atoms with E-state index in [4.69, 9.17) is 4.74 Å². The summed E-state index contributed by atoms with van der Waals surface area (Å²) in [5, 5.41) is 4.38. The van der Waals surface area contributed by atoms with Crippen LogP contribution in [0.3, 0.4) is 0 Å². The molecule has 0 radical (unpaired) electrons. The first-order chi connectivity index (χ1) is 12.3. The molecule has 9 heteroatoms. The number of hydrogen-bond acceptors (Lipinski definition) is 6. The van der Waals surface area contributed by atoms with Crippen molar-refractivity contribution in [2.45, 2.75) is 32.9 Å². The Labute approximate surface area is 149 Å². The lowest BCUT2D eigenvalue weighted by molar-refractivity contribution is -0.157. The van der Waals surface area contributed by atoms with Gasteiger partial charge >= 0.3 is 12.0 Å². The quantitative estimate of drug-likeness (QED) is 0.580. The normalized spacial score (nSPS) is 15.1. The highest BCUT2D eigenvalue weighted by atomic mass is 16.5. The summed E-state index contributed by atoms with van der Waals surface area (Å²) in [6.07, 6.45) is -1.28. The zero-order valence-corrected chi connectivity index (χ0v) is 14.6. The summed E-state index contributed by atoms with van der Waals surface area (Å²) in [5.74, 6) is -2.96. The first kappa shape index (κ1) is 19.1. The van der Waals surface area contributed by atoms with Crippen LogP contribution in [-0.4, -0.2) is 53.3 Å². The van der Waals surface area contributed by atoms with Crippen LogP contribution in [0.15, 0.2) is 24.3 Å². The maximum absolute atomic E-state index is 12.4. The highest BCUT2D eigenvalue weighted by Gasteiger charge is 2.41. The topological polar surface area (TPSA) is 122 Å². The highest BCUT2D eigenvalue weighted by molar-refractivity contribution is 6.22. The fraction of sp³-hybridized carbons (Fsp3) is 0.353. The van der Waals surface area contributed by atoms with Gasteiger partial charge in [-0.15, -0.1) is 0 Å². The average molecular weight is 361 g/mol. The summed E-state index contributed by atoms with van der Waals surface area (Å²) in [4.78, 5) is 60.9. The van der Waals surface area contributed by atoms with Crippen molar-refractivity contribution in [1.29, 1.82) is 0 Å². The number of carbonyl (C=O) groups is 5. The van der Waals surface area contributed by atoms with E-state index >= 15 is 0 Å². The van der Waals surface area contributed by atoms with E-state index in [1.165, 1.54) is 26.0 Å². The van der Waals surface area contributed by atoms with Gasteiger partial charge in [-0.25, -0.2) is 9.59 Å². The van der Waals surface area contributed by atoms with E-state index in [-0.39, 0.29) is 11.1 Å². The van der Waals surface area contributed by atoms with Gasteiger partial charge in [-0.1, -0.05) is 12.1 Å². The van der Waals surface area contributed by atoms with Crippen LogP contribution in [0.1, 0.15) is 41.5 Å². The first-order valence-electron chi connectivity index (χ1n) is 8.04. The largest absolute Gasteiger partial charge is 0.451 e. The smallest absolute Gasteiger partial charge is 0.329 e. The molecular formula is C17H19N3O6. The summed E-state index contributed by atoms with van der Waals surface area (Å²) in [6, 6.07) is 4.29. The van der Waals surface area contributed by atoms with Gasteiger partial charge in [0.1, 0.15) is 6.04 Å². The number of hydrogen-bond donors (Lipinski definition) is 2. The number of nitrogens with zero attached hydrogens (tertiary/aromatic N) is 1. The molecule has 1 aromatic carbocycles. The Kier molecular flexibility index (Phi) is 5.71. The number of benzene rings is 1. The average Bonchev–Trinajstić information content (AvgIpc) is 2.85. The van der Waals surface area contributed by atoms with Gasteiger partial charge < -0.3 is 10.1 Å². The molecule has 0 unspecified atom stereocenters. The number of ether oxygens (including phenoxy) is 1. The van der Waals surface area contributed by atoms with E-state index in [1.54, 1.807) is 19.1 Å². The summed E-state index contributed by atoms with van der Waals surface area (Å²) in [5.41, 5.74) is 0.415. The summed E-state index contributed by atoms with van der Waals surface area (Å²) in [6.45, 7) is 4.61. The van der Waals surface area contributed by atoms with Gasteiger partial charge in [0.15, 0.2) is 6.10 Å². The number of rotatable bonds is 5. The third-order valence-electron chi connectivity index (χ3n) is 3.79. The Balaban J connectivity index is 2.02. The van der Waals surface area contributed by atoms with Crippen LogP contribution in [-0.2, 0) is 14.3 Å². The Morgan fingerprint density at radius 3 is 2.12 bits per heavy atom. The van der Waals surface area contributed by atoms with Crippen molar-refractivity contribution >= 4 is 29.7 Å². The second kappa shape index (κ2) is 7.77. The van der Waals surface area contributed by atoms with Gasteiger partial charge in [-0.2, -0.15) is 0 Å². The number of carbonyl (C=O) groups excluding carboxylic acids is 5. The maximum atomic E-state index is 12.4. The standard InChI is InChI=1S/C17H19N3O6/c1-4-18-17(25)19-13(21)10(3)26-16(24)9(2)20-14(22)11-7-5-6-8-12(11)15(20)23/h5-10H,4H2,1-3H3,(H2,18,19,21,25)/t9-,10-/m0/s1. The lowest BCUT2D eigenvalue weighted by Crippen LogP contribution is -2.48. The maximum Gasteiger partial charge on any atom is 0.329 e. The Morgan fingerprint density at radius 1 is 1.08 bits per heavy atom. The SMILES string of the molecule is CCNC(=O)NC(=O)[C@H](C)OC(=O)[C@H](C)N1C(=O)c2ccccc2C1=O. The lowest BCUT2D eigenvalue weighted by Gasteiger charge is -2.22. The van der Waals surface area contributed by atoms with Crippen molar-refractivity contribution in [2.24, 2.45) is 0 Å². The monoisotopic (exact) mass is 361 g/mol. The second-order valence-corrected chi connectivity index (χ2v) is 5.63. The number of imide groups is 2. The van der Waals surface area contributed by atoms with E-state index in [0.29, 0.717) is 6.54 Å². The first-order valence-corrected chi connectivity index (χ1v) is 8.04. The van der Waals surface area contributed by atoms with Crippen LogP contribution < -0.4 is 10.6 Å². The Hall–Kier alpha value is -3.23. The molecule has 0 saturated heterocycles. The van der Waals surface area contributed by atoms with E-state index in [1.807, 2.05) is 5.32 Å². The fourth-order valence-corrected chi connectivity index (χ4v) is 2.41. The number of amides is 5. The van der Waals surface area contributed by atoms with E-state index < -0.39 is 41.9 Å². The zero-order chi connectivity index (χ0) is 19.4. The van der Waals surface area contributed by atoms with Crippen molar-refractivity contribution in [3.05, 3.63) is 35.4 Å². The minimum atomic E-state index is -1.28. The molecule has 1 aliphatic heterocycles. The molecule has 2 rings (SSSR count). The van der Waals surface area contributed by atoms with Gasteiger partial charge in [0.2, 0.25) is 0 Å². The summed E-state index contributed by atoms with van der Waals surface area (Å²) < 4.78 is 4.98. The van der Waals surface area contributed by atoms with E-state index in [2.05, 4.69) is 5.32 Å². The predicted molar refractivity (Wildman–Crippen MR) is 89.2 cm³/mol.